The highest BCUT2D eigenvalue weighted by atomic mass is 16.5. The van der Waals surface area contributed by atoms with Crippen molar-refractivity contribution in [3.05, 3.63) is 42.5 Å². The molecule has 1 aromatic carbocycles. The Hall–Kier alpha value is -2.14. The number of benzene rings is 1. The second-order valence-electron chi connectivity index (χ2n) is 8.89. The van der Waals surface area contributed by atoms with Gasteiger partial charge < -0.3 is 15.0 Å². The molecule has 5 atom stereocenters. The van der Waals surface area contributed by atoms with Crippen molar-refractivity contribution in [3.63, 3.8) is 0 Å². The molecule has 5 nitrogen and oxygen atoms in total. The zero-order valence-electron chi connectivity index (χ0n) is 16.9. The third kappa shape index (κ3) is 3.26. The van der Waals surface area contributed by atoms with E-state index < -0.39 is 17.4 Å². The van der Waals surface area contributed by atoms with Gasteiger partial charge >= 0.3 is 0 Å². The lowest BCUT2D eigenvalue weighted by molar-refractivity contribution is -0.132. The van der Waals surface area contributed by atoms with Crippen LogP contribution in [0.5, 0.6) is 0 Å². The molecule has 0 aromatic heterocycles. The molecule has 2 bridgehead atoms. The van der Waals surface area contributed by atoms with Gasteiger partial charge in [0.15, 0.2) is 0 Å². The summed E-state index contributed by atoms with van der Waals surface area (Å²) in [7, 11) is 0. The van der Waals surface area contributed by atoms with E-state index in [4.69, 9.17) is 4.74 Å². The number of anilines is 1. The third-order valence-electron chi connectivity index (χ3n) is 6.28. The summed E-state index contributed by atoms with van der Waals surface area (Å²) in [6, 6.07) is 9.74. The second-order valence-corrected chi connectivity index (χ2v) is 8.89. The van der Waals surface area contributed by atoms with E-state index in [-0.39, 0.29) is 24.0 Å². The summed E-state index contributed by atoms with van der Waals surface area (Å²) in [6.45, 7) is 6.95. The molecule has 0 unspecified atom stereocenters. The summed E-state index contributed by atoms with van der Waals surface area (Å²) in [5.41, 5.74) is 0.193. The van der Waals surface area contributed by atoms with Gasteiger partial charge in [0.2, 0.25) is 11.8 Å². The van der Waals surface area contributed by atoms with E-state index in [0.29, 0.717) is 12.5 Å². The number of nitrogens with zero attached hydrogens (tertiary/aromatic N) is 1. The number of amides is 2. The number of ether oxygens (including phenoxy) is 1. The first-order valence-electron chi connectivity index (χ1n) is 10.5. The summed E-state index contributed by atoms with van der Waals surface area (Å²) in [5, 5.41) is 3.14. The van der Waals surface area contributed by atoms with Gasteiger partial charge in [0.25, 0.3) is 0 Å². The number of para-hydroxylation sites is 1. The minimum Gasteiger partial charge on any atom is -0.360 e. The fourth-order valence-electron chi connectivity index (χ4n) is 4.87. The minimum atomic E-state index is -0.666. The number of hydrogen-bond acceptors (Lipinski definition) is 3. The molecular weight excluding hydrogens is 352 g/mol. The van der Waals surface area contributed by atoms with Gasteiger partial charge in [-0.25, -0.2) is 0 Å². The maximum absolute atomic E-state index is 13.3. The van der Waals surface area contributed by atoms with Crippen LogP contribution in [0.2, 0.25) is 0 Å². The lowest BCUT2D eigenvalue weighted by atomic mass is 9.76. The maximum Gasteiger partial charge on any atom is 0.234 e. The average Bonchev–Trinajstić information content (AvgIpc) is 3.30. The van der Waals surface area contributed by atoms with Crippen LogP contribution in [0, 0.1) is 17.8 Å². The van der Waals surface area contributed by atoms with Crippen LogP contribution in [0.1, 0.15) is 40.0 Å². The normalized spacial score (nSPS) is 31.5. The Balaban J connectivity index is 1.47. The monoisotopic (exact) mass is 382 g/mol. The van der Waals surface area contributed by atoms with E-state index in [1.54, 1.807) is 4.90 Å². The van der Waals surface area contributed by atoms with Crippen LogP contribution in [-0.2, 0) is 14.3 Å². The average molecular weight is 383 g/mol. The number of carbonyl (C=O) groups is 2. The molecule has 150 valence electrons. The molecule has 2 saturated heterocycles. The number of fused-ring (bicyclic) bond motifs is 1. The number of nitrogens with one attached hydrogen (secondary N) is 1. The Labute approximate surface area is 167 Å². The van der Waals surface area contributed by atoms with Gasteiger partial charge in [-0.15, -0.1) is 0 Å². The number of hydrogen-bond donors (Lipinski definition) is 1. The Morgan fingerprint density at radius 1 is 1.25 bits per heavy atom. The Morgan fingerprint density at radius 2 is 2.00 bits per heavy atom. The van der Waals surface area contributed by atoms with Crippen LogP contribution in [0.15, 0.2) is 42.5 Å². The fourth-order valence-corrected chi connectivity index (χ4v) is 4.87. The molecule has 1 aromatic rings. The maximum atomic E-state index is 13.3. The van der Waals surface area contributed by atoms with Gasteiger partial charge in [0.1, 0.15) is 5.60 Å². The highest BCUT2D eigenvalue weighted by Gasteiger charge is 2.67. The highest BCUT2D eigenvalue weighted by Crippen LogP contribution is 2.52. The van der Waals surface area contributed by atoms with E-state index in [2.05, 4.69) is 19.2 Å². The van der Waals surface area contributed by atoms with Crippen molar-refractivity contribution in [2.75, 3.05) is 11.4 Å². The van der Waals surface area contributed by atoms with Crippen molar-refractivity contribution < 1.29 is 14.3 Å². The minimum absolute atomic E-state index is 0.00865. The molecular formula is C23H30N2O3. The first-order valence-corrected chi connectivity index (χ1v) is 10.5. The molecule has 4 rings (SSSR count). The molecule has 5 heteroatoms. The topological polar surface area (TPSA) is 58.6 Å². The van der Waals surface area contributed by atoms with Crippen LogP contribution < -0.4 is 10.2 Å². The van der Waals surface area contributed by atoms with Crippen molar-refractivity contribution in [1.29, 1.82) is 0 Å². The largest absolute Gasteiger partial charge is 0.360 e. The molecule has 1 N–H and O–H groups in total. The van der Waals surface area contributed by atoms with E-state index in [1.165, 1.54) is 0 Å². The Kier molecular flexibility index (Phi) is 5.04. The molecule has 0 aliphatic carbocycles. The van der Waals surface area contributed by atoms with Crippen molar-refractivity contribution in [3.8, 4) is 0 Å². The molecule has 0 radical (unpaired) electrons. The SMILES string of the molecule is CC(C)CCC[C@H](C)NC(=O)[C@H]1[C@H]2C(=O)N(c3ccccc3)C[C@]23C=C[C@H]1O3. The number of rotatable bonds is 7. The van der Waals surface area contributed by atoms with Crippen molar-refractivity contribution in [2.45, 2.75) is 57.8 Å². The Morgan fingerprint density at radius 3 is 2.71 bits per heavy atom. The van der Waals surface area contributed by atoms with Gasteiger partial charge in [-0.1, -0.05) is 57.0 Å². The van der Waals surface area contributed by atoms with Crippen LogP contribution in [0.4, 0.5) is 5.69 Å². The smallest absolute Gasteiger partial charge is 0.234 e. The summed E-state index contributed by atoms with van der Waals surface area (Å²) >= 11 is 0. The molecule has 2 fully saturated rings. The van der Waals surface area contributed by atoms with E-state index in [1.807, 2.05) is 49.4 Å². The standard InChI is InChI=1S/C23H30N2O3/c1-15(2)8-7-9-16(3)24-21(26)19-18-12-13-23(28-18)14-25(22(27)20(19)23)17-10-5-4-6-11-17/h4-6,10-13,15-16,18-20H,7-9,14H2,1-3H3,(H,24,26)/t16-,18+,19+,20-,23+/m0/s1. The van der Waals surface area contributed by atoms with Crippen molar-refractivity contribution >= 4 is 17.5 Å². The summed E-state index contributed by atoms with van der Waals surface area (Å²) in [6.07, 6.45) is 6.88. The zero-order valence-corrected chi connectivity index (χ0v) is 16.9. The lowest BCUT2D eigenvalue weighted by Gasteiger charge is -2.25. The quantitative estimate of drug-likeness (QED) is 0.736. The lowest BCUT2D eigenvalue weighted by Crippen LogP contribution is -2.46. The Bertz CT molecular complexity index is 775. The third-order valence-corrected chi connectivity index (χ3v) is 6.28. The van der Waals surface area contributed by atoms with Gasteiger partial charge in [-0.3, -0.25) is 9.59 Å². The molecule has 3 aliphatic heterocycles. The highest BCUT2D eigenvalue weighted by molar-refractivity contribution is 6.03. The van der Waals surface area contributed by atoms with Gasteiger partial charge in [0, 0.05) is 11.7 Å². The molecule has 28 heavy (non-hydrogen) atoms. The van der Waals surface area contributed by atoms with Gasteiger partial charge in [0.05, 0.1) is 24.5 Å². The summed E-state index contributed by atoms with van der Waals surface area (Å²) in [5.74, 6) is -0.275. The van der Waals surface area contributed by atoms with Crippen LogP contribution in [-0.4, -0.2) is 36.1 Å². The molecule has 3 aliphatic rings. The van der Waals surface area contributed by atoms with E-state index in [9.17, 15) is 9.59 Å². The molecule has 2 amide bonds. The van der Waals surface area contributed by atoms with Crippen LogP contribution >= 0.6 is 0 Å². The first kappa shape index (κ1) is 19.2. The van der Waals surface area contributed by atoms with E-state index >= 15 is 0 Å². The van der Waals surface area contributed by atoms with Crippen molar-refractivity contribution in [1.82, 2.24) is 5.32 Å². The summed E-state index contributed by atoms with van der Waals surface area (Å²) < 4.78 is 6.20. The predicted molar refractivity (Wildman–Crippen MR) is 109 cm³/mol. The summed E-state index contributed by atoms with van der Waals surface area (Å²) in [4.78, 5) is 28.1. The van der Waals surface area contributed by atoms with Crippen LogP contribution in [0.25, 0.3) is 0 Å². The van der Waals surface area contributed by atoms with E-state index in [0.717, 1.165) is 24.9 Å². The van der Waals surface area contributed by atoms with Crippen molar-refractivity contribution in [2.24, 2.45) is 17.8 Å². The zero-order chi connectivity index (χ0) is 19.9. The molecule has 1 spiro atoms. The van der Waals surface area contributed by atoms with Gasteiger partial charge in [-0.05, 0) is 31.4 Å². The predicted octanol–water partition coefficient (Wildman–Crippen LogP) is 3.30. The second kappa shape index (κ2) is 7.36. The first-order chi connectivity index (χ1) is 13.4. The number of carbonyl (C=O) groups excluding carboxylic acids is 2. The van der Waals surface area contributed by atoms with Crippen LogP contribution in [0.3, 0.4) is 0 Å². The fraction of sp³-hybridized carbons (Fsp3) is 0.565. The molecule has 3 heterocycles. The van der Waals surface area contributed by atoms with Gasteiger partial charge in [-0.2, -0.15) is 0 Å². The molecule has 0 saturated carbocycles.